The summed E-state index contributed by atoms with van der Waals surface area (Å²) < 4.78 is 0. The van der Waals surface area contributed by atoms with Crippen LogP contribution in [0, 0.1) is 18.4 Å². The molecule has 0 unspecified atom stereocenters. The van der Waals surface area contributed by atoms with Crippen LogP contribution in [0.25, 0.3) is 0 Å². The number of benzene rings is 1. The minimum Gasteiger partial charge on any atom is -1.00 e. The van der Waals surface area contributed by atoms with Gasteiger partial charge in [-0.25, -0.2) is 11.6 Å². The quantitative estimate of drug-likeness (QED) is 0.456. The maximum atomic E-state index is 9.38. The molecule has 1 N–H and O–H groups in total. The van der Waals surface area contributed by atoms with E-state index in [-0.39, 0.29) is 46.5 Å². The van der Waals surface area contributed by atoms with E-state index in [0.717, 1.165) is 12.0 Å². The van der Waals surface area contributed by atoms with Gasteiger partial charge < -0.3 is 29.9 Å². The second kappa shape index (κ2) is 11.6. The summed E-state index contributed by atoms with van der Waals surface area (Å²) in [5, 5.41) is 10.7. The fraction of sp³-hybridized carbons (Fsp3) is 0.474. The van der Waals surface area contributed by atoms with Gasteiger partial charge in [0.25, 0.3) is 0 Å². The predicted molar refractivity (Wildman–Crippen MR) is 95.8 cm³/mol. The van der Waals surface area contributed by atoms with Crippen molar-refractivity contribution in [2.75, 3.05) is 0 Å². The van der Waals surface area contributed by atoms with E-state index in [2.05, 4.69) is 64.7 Å². The molecule has 0 radical (unpaired) electrons. The van der Waals surface area contributed by atoms with Crippen LogP contribution in [0.15, 0.2) is 35.9 Å². The summed E-state index contributed by atoms with van der Waals surface area (Å²) in [6, 6.07) is 5.86. The van der Waals surface area contributed by atoms with Crippen LogP contribution in [0.1, 0.15) is 32.8 Å². The van der Waals surface area contributed by atoms with Crippen molar-refractivity contribution >= 4 is 13.3 Å². The number of hydrogen-bond donors (Lipinski definition) is 1. The molecule has 0 aromatic heterocycles. The summed E-state index contributed by atoms with van der Waals surface area (Å²) in [4.78, 5) is 0. The molecule has 0 amide bonds. The Morgan fingerprint density at radius 1 is 1.04 bits per heavy atom. The predicted octanol–water partition coefficient (Wildman–Crippen LogP) is -1.03. The largest absolute Gasteiger partial charge is 1.00 e. The summed E-state index contributed by atoms with van der Waals surface area (Å²) in [6.07, 6.45) is 8.63. The van der Waals surface area contributed by atoms with Gasteiger partial charge in [0.05, 0.1) is 8.07 Å². The van der Waals surface area contributed by atoms with Gasteiger partial charge in [-0.1, -0.05) is 51.7 Å². The first-order chi connectivity index (χ1) is 9.50. The standard InChI is InChI=1S/C10H16OSi.C9H13.2ClH.Ti/c1-8-5-9(11)7-10(6-8)12(2,3)4;1-9(2,3)8-6-4-5-7-8;;;/h5-7,11H,1-4H3;4,6H,5H2,1-3H3;2*1H;/q;-1;;;/p-2. The van der Waals surface area contributed by atoms with E-state index in [1.807, 2.05) is 13.0 Å². The van der Waals surface area contributed by atoms with Crippen molar-refractivity contribution in [1.29, 1.82) is 0 Å². The zero-order chi connectivity index (χ0) is 16.3. The molecule has 1 nitrogen and oxygen atoms in total. The van der Waals surface area contributed by atoms with Gasteiger partial charge in [0.15, 0.2) is 0 Å². The van der Waals surface area contributed by atoms with E-state index < -0.39 is 8.07 Å². The van der Waals surface area contributed by atoms with Crippen LogP contribution in [0.5, 0.6) is 5.75 Å². The molecule has 1 aromatic carbocycles. The average Bonchev–Trinajstić information content (AvgIpc) is 2.79. The fourth-order valence-corrected chi connectivity index (χ4v) is 3.36. The molecule has 2 rings (SSSR count). The monoisotopic (exact) mass is 419 g/mol. The zero-order valence-corrected chi connectivity index (χ0v) is 19.9. The van der Waals surface area contributed by atoms with Crippen LogP contribution in [0.4, 0.5) is 0 Å². The minimum absolute atomic E-state index is 0. The van der Waals surface area contributed by atoms with Gasteiger partial charge in [0.1, 0.15) is 5.75 Å². The van der Waals surface area contributed by atoms with Crippen LogP contribution >= 0.6 is 0 Å². The number of aryl methyl sites for hydroxylation is 1. The van der Waals surface area contributed by atoms with Gasteiger partial charge >= 0.3 is 0 Å². The number of phenols is 1. The van der Waals surface area contributed by atoms with Gasteiger partial charge in [-0.2, -0.15) is 6.08 Å². The molecule has 5 heteroatoms. The number of aromatic hydroxyl groups is 1. The Labute approximate surface area is 176 Å². The molecule has 0 heterocycles. The van der Waals surface area contributed by atoms with Gasteiger partial charge in [0, 0.05) is 21.7 Å². The number of rotatable bonds is 1. The van der Waals surface area contributed by atoms with E-state index in [1.165, 1.54) is 10.8 Å². The maximum Gasteiger partial charge on any atom is 0.115 e. The molecule has 1 aliphatic carbocycles. The molecule has 0 aliphatic heterocycles. The third-order valence-electron chi connectivity index (χ3n) is 3.43. The van der Waals surface area contributed by atoms with Gasteiger partial charge in [-0.15, -0.1) is 6.42 Å². The zero-order valence-electron chi connectivity index (χ0n) is 15.8. The molecule has 24 heavy (non-hydrogen) atoms. The maximum absolute atomic E-state index is 9.38. The van der Waals surface area contributed by atoms with E-state index in [1.54, 1.807) is 6.07 Å². The molecule has 0 saturated carbocycles. The molecular weight excluding hydrogens is 391 g/mol. The van der Waals surface area contributed by atoms with Gasteiger partial charge in [0.2, 0.25) is 0 Å². The third kappa shape index (κ3) is 10.1. The van der Waals surface area contributed by atoms with E-state index in [9.17, 15) is 5.11 Å². The van der Waals surface area contributed by atoms with Crippen LogP contribution < -0.4 is 30.0 Å². The van der Waals surface area contributed by atoms with E-state index in [4.69, 9.17) is 0 Å². The molecule has 0 saturated heterocycles. The summed E-state index contributed by atoms with van der Waals surface area (Å²) in [6.45, 7) is 15.5. The molecule has 1 aliphatic rings. The molecule has 0 bridgehead atoms. The Kier molecular flexibility index (Phi) is 13.9. The Balaban J connectivity index is -0.000000336. The second-order valence-corrected chi connectivity index (χ2v) is 12.8. The van der Waals surface area contributed by atoms with Crippen molar-refractivity contribution in [2.45, 2.75) is 53.8 Å². The smallest absolute Gasteiger partial charge is 0.115 e. The van der Waals surface area contributed by atoms with Crippen molar-refractivity contribution in [3.8, 4) is 5.75 Å². The molecular formula is C19H29Cl2OSiTi-3. The summed E-state index contributed by atoms with van der Waals surface area (Å²) in [5.41, 5.74) is 2.79. The second-order valence-electron chi connectivity index (χ2n) is 7.75. The number of allylic oxidation sites excluding steroid dienone is 4. The van der Waals surface area contributed by atoms with Crippen molar-refractivity contribution in [2.24, 2.45) is 5.41 Å². The number of phenolic OH excluding ortho intramolecular Hbond substituents is 1. The summed E-state index contributed by atoms with van der Waals surface area (Å²) in [7, 11) is -1.26. The van der Waals surface area contributed by atoms with E-state index in [0.29, 0.717) is 11.2 Å². The van der Waals surface area contributed by atoms with Gasteiger partial charge in [-0.3, -0.25) is 6.08 Å². The Bertz CT molecular complexity index is 535. The van der Waals surface area contributed by atoms with Crippen molar-refractivity contribution in [3.63, 3.8) is 0 Å². The SMILES string of the molecule is CC(C)(C)C1=[C-]CC=C1.Cc1cc(O)cc([Si](C)(C)C)c1.[Cl-].[Cl-].[Ti]. The topological polar surface area (TPSA) is 20.2 Å². The van der Waals surface area contributed by atoms with Crippen molar-refractivity contribution in [3.05, 3.63) is 47.6 Å². The number of hydrogen-bond acceptors (Lipinski definition) is 1. The van der Waals surface area contributed by atoms with E-state index >= 15 is 0 Å². The first-order valence-corrected chi connectivity index (χ1v) is 11.1. The van der Waals surface area contributed by atoms with Gasteiger partial charge in [-0.05, 0) is 30.0 Å². The molecule has 136 valence electrons. The first-order valence-electron chi connectivity index (χ1n) is 7.59. The molecule has 1 aromatic rings. The summed E-state index contributed by atoms with van der Waals surface area (Å²) in [5.74, 6) is 0.396. The molecule has 0 atom stereocenters. The minimum atomic E-state index is -1.26. The average molecular weight is 420 g/mol. The van der Waals surface area contributed by atoms with Crippen LogP contribution in [-0.4, -0.2) is 13.2 Å². The van der Waals surface area contributed by atoms with Crippen molar-refractivity contribution < 1.29 is 51.6 Å². The van der Waals surface area contributed by atoms with Crippen LogP contribution in [-0.2, 0) is 21.7 Å². The first kappa shape index (κ1) is 28.8. The molecule has 0 fully saturated rings. The van der Waals surface area contributed by atoms with Crippen molar-refractivity contribution in [1.82, 2.24) is 0 Å². The third-order valence-corrected chi connectivity index (χ3v) is 5.45. The Morgan fingerprint density at radius 2 is 1.58 bits per heavy atom. The number of halogens is 2. The fourth-order valence-electron chi connectivity index (χ4n) is 2.12. The Hall–Kier alpha value is 0.0112. The Morgan fingerprint density at radius 3 is 1.88 bits per heavy atom. The molecule has 0 spiro atoms. The van der Waals surface area contributed by atoms with Crippen LogP contribution in [0.2, 0.25) is 19.6 Å². The normalized spacial score (nSPS) is 12.7. The van der Waals surface area contributed by atoms with Crippen LogP contribution in [0.3, 0.4) is 0 Å². The summed E-state index contributed by atoms with van der Waals surface area (Å²) >= 11 is 0.